The molecule has 0 aromatic heterocycles. The molecule has 1 aliphatic rings. The Balaban J connectivity index is 1.83. The Bertz CT molecular complexity index is 674. The van der Waals surface area contributed by atoms with E-state index in [1.54, 1.807) is 0 Å². The van der Waals surface area contributed by atoms with Crippen molar-refractivity contribution in [3.63, 3.8) is 0 Å². The zero-order valence-corrected chi connectivity index (χ0v) is 12.7. The van der Waals surface area contributed by atoms with Crippen LogP contribution in [0.5, 0.6) is 5.75 Å². The molecule has 0 amide bonds. The summed E-state index contributed by atoms with van der Waals surface area (Å²) in [5, 5.41) is 8.95. The van der Waals surface area contributed by atoms with Crippen molar-refractivity contribution in [2.75, 3.05) is 6.61 Å². The molecule has 2 aromatic rings. The summed E-state index contributed by atoms with van der Waals surface area (Å²) in [6.07, 6.45) is 2.37. The molecule has 114 valence electrons. The van der Waals surface area contributed by atoms with Crippen molar-refractivity contribution in [2.45, 2.75) is 32.1 Å². The smallest absolute Gasteiger partial charge is 0.304 e. The zero-order chi connectivity index (χ0) is 15.5. The van der Waals surface area contributed by atoms with Gasteiger partial charge in [0, 0.05) is 11.5 Å². The molecule has 3 rings (SSSR count). The predicted molar refractivity (Wildman–Crippen MR) is 86.4 cm³/mol. The van der Waals surface area contributed by atoms with Crippen molar-refractivity contribution >= 4 is 5.97 Å². The van der Waals surface area contributed by atoms with Crippen molar-refractivity contribution in [1.29, 1.82) is 0 Å². The number of rotatable bonds is 5. The molecule has 1 aliphatic heterocycles. The fourth-order valence-corrected chi connectivity index (χ4v) is 2.99. The summed E-state index contributed by atoms with van der Waals surface area (Å²) < 4.78 is 5.67. The molecule has 0 spiro atoms. The van der Waals surface area contributed by atoms with Crippen LogP contribution in [0.25, 0.3) is 11.1 Å². The number of aliphatic carboxylic acids is 1. The molecule has 3 nitrogen and oxygen atoms in total. The van der Waals surface area contributed by atoms with E-state index in [1.807, 2.05) is 12.1 Å². The van der Waals surface area contributed by atoms with Crippen LogP contribution in [-0.2, 0) is 11.2 Å². The van der Waals surface area contributed by atoms with Gasteiger partial charge in [0.05, 0.1) is 13.0 Å². The lowest BCUT2D eigenvalue weighted by molar-refractivity contribution is -0.137. The Morgan fingerprint density at radius 1 is 1.18 bits per heavy atom. The van der Waals surface area contributed by atoms with Crippen LogP contribution in [0.15, 0.2) is 42.5 Å². The first kappa shape index (κ1) is 14.6. The van der Waals surface area contributed by atoms with Gasteiger partial charge in [-0.25, -0.2) is 0 Å². The quantitative estimate of drug-likeness (QED) is 0.897. The second-order valence-electron chi connectivity index (χ2n) is 5.81. The van der Waals surface area contributed by atoms with Crippen LogP contribution >= 0.6 is 0 Å². The first-order valence-corrected chi connectivity index (χ1v) is 7.75. The number of benzene rings is 2. The van der Waals surface area contributed by atoms with E-state index in [-0.39, 0.29) is 12.3 Å². The topological polar surface area (TPSA) is 46.5 Å². The molecule has 0 unspecified atom stereocenters. The summed E-state index contributed by atoms with van der Waals surface area (Å²) >= 11 is 0. The molecule has 22 heavy (non-hydrogen) atoms. The van der Waals surface area contributed by atoms with Crippen LogP contribution in [0.3, 0.4) is 0 Å². The van der Waals surface area contributed by atoms with E-state index in [2.05, 4.69) is 37.3 Å². The summed E-state index contributed by atoms with van der Waals surface area (Å²) in [6.45, 7) is 2.64. The molecular formula is C19H20O3. The Kier molecular flexibility index (Phi) is 4.14. The van der Waals surface area contributed by atoms with Gasteiger partial charge in [-0.15, -0.1) is 0 Å². The lowest BCUT2D eigenvalue weighted by Gasteiger charge is -2.07. The highest BCUT2D eigenvalue weighted by Gasteiger charge is 2.26. The Morgan fingerprint density at radius 3 is 2.59 bits per heavy atom. The van der Waals surface area contributed by atoms with E-state index in [0.717, 1.165) is 35.3 Å². The molecule has 2 aromatic carbocycles. The van der Waals surface area contributed by atoms with E-state index < -0.39 is 5.97 Å². The normalized spacial score (nSPS) is 16.1. The predicted octanol–water partition coefficient (Wildman–Crippen LogP) is 4.26. The number of carboxylic acids is 1. The highest BCUT2D eigenvalue weighted by molar-refractivity contribution is 5.70. The maximum Gasteiger partial charge on any atom is 0.304 e. The second-order valence-corrected chi connectivity index (χ2v) is 5.81. The Morgan fingerprint density at radius 2 is 1.91 bits per heavy atom. The molecule has 0 saturated carbocycles. The van der Waals surface area contributed by atoms with Gasteiger partial charge in [0.25, 0.3) is 0 Å². The van der Waals surface area contributed by atoms with Crippen molar-refractivity contribution < 1.29 is 14.6 Å². The van der Waals surface area contributed by atoms with Gasteiger partial charge in [-0.05, 0) is 29.2 Å². The molecule has 1 N–H and O–H groups in total. The second kappa shape index (κ2) is 6.22. The number of carbonyl (C=O) groups is 1. The van der Waals surface area contributed by atoms with Crippen molar-refractivity contribution in [3.05, 3.63) is 53.6 Å². The fourth-order valence-electron chi connectivity index (χ4n) is 2.99. The molecule has 0 aliphatic carbocycles. The van der Waals surface area contributed by atoms with Crippen LogP contribution < -0.4 is 4.74 Å². The lowest BCUT2D eigenvalue weighted by Crippen LogP contribution is -2.07. The van der Waals surface area contributed by atoms with Crippen LogP contribution in [0, 0.1) is 0 Å². The summed E-state index contributed by atoms with van der Waals surface area (Å²) in [6, 6.07) is 14.7. The Labute approximate surface area is 130 Å². The van der Waals surface area contributed by atoms with E-state index >= 15 is 0 Å². The van der Waals surface area contributed by atoms with Crippen molar-refractivity contribution in [3.8, 4) is 16.9 Å². The van der Waals surface area contributed by atoms with Crippen molar-refractivity contribution in [2.24, 2.45) is 0 Å². The molecule has 0 saturated heterocycles. The summed E-state index contributed by atoms with van der Waals surface area (Å²) in [5.41, 5.74) is 4.63. The number of fused-ring (bicyclic) bond motifs is 1. The number of ether oxygens (including phenoxy) is 1. The highest BCUT2D eigenvalue weighted by Crippen LogP contribution is 2.38. The van der Waals surface area contributed by atoms with Crippen LogP contribution in [0.1, 0.15) is 36.8 Å². The van der Waals surface area contributed by atoms with Gasteiger partial charge in [-0.2, -0.15) is 0 Å². The molecule has 1 atom stereocenters. The van der Waals surface area contributed by atoms with E-state index in [4.69, 9.17) is 9.84 Å². The van der Waals surface area contributed by atoms with Gasteiger partial charge < -0.3 is 9.84 Å². The van der Waals surface area contributed by atoms with Crippen molar-refractivity contribution in [1.82, 2.24) is 0 Å². The zero-order valence-electron chi connectivity index (χ0n) is 12.7. The number of hydrogen-bond donors (Lipinski definition) is 1. The minimum atomic E-state index is -0.781. The molecule has 0 bridgehead atoms. The van der Waals surface area contributed by atoms with Gasteiger partial charge in [-0.3, -0.25) is 4.79 Å². The van der Waals surface area contributed by atoms with Crippen LogP contribution in [0.4, 0.5) is 0 Å². The Hall–Kier alpha value is -2.29. The van der Waals surface area contributed by atoms with Gasteiger partial charge >= 0.3 is 5.97 Å². The van der Waals surface area contributed by atoms with Crippen LogP contribution in [0.2, 0.25) is 0 Å². The summed E-state index contributed by atoms with van der Waals surface area (Å²) in [7, 11) is 0. The highest BCUT2D eigenvalue weighted by atomic mass is 16.5. The number of carboxylic acid groups (broad SMARTS) is 1. The summed E-state index contributed by atoms with van der Waals surface area (Å²) in [4.78, 5) is 10.9. The van der Waals surface area contributed by atoms with Gasteiger partial charge in [0.15, 0.2) is 0 Å². The van der Waals surface area contributed by atoms with E-state index in [0.29, 0.717) is 6.61 Å². The SMILES string of the molecule is CCCc1ccc(-c2ccc3c(c2)OC[C@H]3CC(=O)O)cc1. The number of hydrogen-bond acceptors (Lipinski definition) is 2. The van der Waals surface area contributed by atoms with Gasteiger partial charge in [0.2, 0.25) is 0 Å². The van der Waals surface area contributed by atoms with Gasteiger partial charge in [0.1, 0.15) is 5.75 Å². The third kappa shape index (κ3) is 2.98. The first-order valence-electron chi connectivity index (χ1n) is 7.75. The summed E-state index contributed by atoms with van der Waals surface area (Å²) in [5.74, 6) is 0.00639. The minimum Gasteiger partial charge on any atom is -0.493 e. The fraction of sp³-hybridized carbons (Fsp3) is 0.316. The molecule has 3 heteroatoms. The molecule has 0 fully saturated rings. The molecule has 1 heterocycles. The average molecular weight is 296 g/mol. The lowest BCUT2D eigenvalue weighted by atomic mass is 9.95. The maximum absolute atomic E-state index is 10.9. The van der Waals surface area contributed by atoms with E-state index in [1.165, 1.54) is 5.56 Å². The third-order valence-corrected chi connectivity index (χ3v) is 4.14. The standard InChI is InChI=1S/C19H20O3/c1-2-3-13-4-6-14(7-5-13)15-8-9-17-16(11-19(20)21)12-22-18(17)10-15/h4-10,16H,2-3,11-12H2,1H3,(H,20,21)/t16-/m1/s1. The number of aryl methyl sites for hydroxylation is 1. The molecule has 0 radical (unpaired) electrons. The molecular weight excluding hydrogens is 276 g/mol. The average Bonchev–Trinajstić information content (AvgIpc) is 2.90. The largest absolute Gasteiger partial charge is 0.493 e. The monoisotopic (exact) mass is 296 g/mol. The minimum absolute atomic E-state index is 0.0338. The maximum atomic E-state index is 10.9. The van der Waals surface area contributed by atoms with E-state index in [9.17, 15) is 4.79 Å². The van der Waals surface area contributed by atoms with Gasteiger partial charge in [-0.1, -0.05) is 49.7 Å². The third-order valence-electron chi connectivity index (χ3n) is 4.14. The van der Waals surface area contributed by atoms with Crippen LogP contribution in [-0.4, -0.2) is 17.7 Å². The first-order chi connectivity index (χ1) is 10.7.